The molecule has 0 aliphatic heterocycles. The molecule has 3 aromatic carbocycles. The molecule has 0 heterocycles. The number of nitrogens with zero attached hydrogens (tertiary/aromatic N) is 2. The first kappa shape index (κ1) is 30.6. The summed E-state index contributed by atoms with van der Waals surface area (Å²) in [5.41, 5.74) is 1.71. The first-order chi connectivity index (χ1) is 19.1. The molecule has 0 spiro atoms. The van der Waals surface area contributed by atoms with E-state index in [1.165, 1.54) is 54.5 Å². The van der Waals surface area contributed by atoms with Crippen LogP contribution in [0.15, 0.2) is 77.7 Å². The molecular weight excluding hydrogens is 533 g/mol. The number of halogens is 1. The molecule has 3 rings (SSSR count). The van der Waals surface area contributed by atoms with Crippen LogP contribution in [0.1, 0.15) is 37.8 Å². The van der Waals surface area contributed by atoms with E-state index in [0.29, 0.717) is 17.9 Å². The Morgan fingerprint density at radius 3 is 2.33 bits per heavy atom. The summed E-state index contributed by atoms with van der Waals surface area (Å²) in [5.74, 6) is -0.972. The highest BCUT2D eigenvalue weighted by molar-refractivity contribution is 7.92. The van der Waals surface area contributed by atoms with Gasteiger partial charge in [0.15, 0.2) is 0 Å². The first-order valence-electron chi connectivity index (χ1n) is 13.1. The summed E-state index contributed by atoms with van der Waals surface area (Å²) in [5, 5.41) is 2.83. The smallest absolute Gasteiger partial charge is 0.264 e. The maximum Gasteiger partial charge on any atom is 0.264 e. The molecule has 1 atom stereocenters. The van der Waals surface area contributed by atoms with Crippen LogP contribution < -0.4 is 14.4 Å². The fourth-order valence-electron chi connectivity index (χ4n) is 4.04. The van der Waals surface area contributed by atoms with E-state index >= 15 is 0 Å². The largest absolute Gasteiger partial charge is 0.497 e. The van der Waals surface area contributed by atoms with Crippen molar-refractivity contribution in [2.75, 3.05) is 24.5 Å². The fourth-order valence-corrected chi connectivity index (χ4v) is 5.44. The van der Waals surface area contributed by atoms with Crippen molar-refractivity contribution in [3.8, 4) is 5.75 Å². The zero-order valence-corrected chi connectivity index (χ0v) is 24.1. The quantitative estimate of drug-likeness (QED) is 0.302. The maximum atomic E-state index is 13.9. The minimum absolute atomic E-state index is 0.0159. The summed E-state index contributed by atoms with van der Waals surface area (Å²) in [4.78, 5) is 28.2. The standard InChI is InChI=1S/C30H36FN3O5S/c1-5-6-18-32-30(36)23(3)33(20-24-12-14-25(31)15-13-24)29(35)21-34(26-8-7-9-27(19-26)39-4)40(37,38)28-16-10-22(2)11-17-28/h7-17,19,23H,5-6,18,20-21H2,1-4H3,(H,32,36)/t23-/m1/s1. The summed E-state index contributed by atoms with van der Waals surface area (Å²) in [7, 11) is -2.72. The van der Waals surface area contributed by atoms with Crippen LogP contribution in [0.3, 0.4) is 0 Å². The normalized spacial score (nSPS) is 11.9. The van der Waals surface area contributed by atoms with Gasteiger partial charge >= 0.3 is 0 Å². The van der Waals surface area contributed by atoms with Crippen LogP contribution in [-0.4, -0.2) is 51.4 Å². The number of benzene rings is 3. The van der Waals surface area contributed by atoms with Crippen LogP contribution >= 0.6 is 0 Å². The Hall–Kier alpha value is -3.92. The number of methoxy groups -OCH3 is 1. The highest BCUT2D eigenvalue weighted by Crippen LogP contribution is 2.28. The summed E-state index contributed by atoms with van der Waals surface area (Å²) < 4.78 is 47.6. The van der Waals surface area contributed by atoms with Gasteiger partial charge in [0.2, 0.25) is 11.8 Å². The second-order valence-corrected chi connectivity index (χ2v) is 11.4. The average Bonchev–Trinajstić information content (AvgIpc) is 2.95. The Kier molecular flexibility index (Phi) is 10.7. The van der Waals surface area contributed by atoms with E-state index in [1.807, 2.05) is 13.8 Å². The summed E-state index contributed by atoms with van der Waals surface area (Å²) in [6.07, 6.45) is 1.67. The van der Waals surface area contributed by atoms with Crippen molar-refractivity contribution in [1.82, 2.24) is 10.2 Å². The summed E-state index contributed by atoms with van der Waals surface area (Å²) in [6, 6.07) is 17.4. The molecule has 0 saturated carbocycles. The lowest BCUT2D eigenvalue weighted by Gasteiger charge is -2.32. The second kappa shape index (κ2) is 13.9. The lowest BCUT2D eigenvalue weighted by molar-refractivity contribution is -0.139. The van der Waals surface area contributed by atoms with Gasteiger partial charge in [0.25, 0.3) is 10.0 Å². The predicted molar refractivity (Wildman–Crippen MR) is 153 cm³/mol. The first-order valence-corrected chi connectivity index (χ1v) is 14.6. The molecule has 0 fully saturated rings. The van der Waals surface area contributed by atoms with Crippen LogP contribution in [-0.2, 0) is 26.2 Å². The van der Waals surface area contributed by atoms with Gasteiger partial charge < -0.3 is 15.0 Å². The van der Waals surface area contributed by atoms with E-state index in [4.69, 9.17) is 4.74 Å². The molecule has 3 aromatic rings. The van der Waals surface area contributed by atoms with E-state index in [2.05, 4.69) is 5.32 Å². The number of ether oxygens (including phenoxy) is 1. The van der Waals surface area contributed by atoms with Crippen LogP contribution in [0.4, 0.5) is 10.1 Å². The fraction of sp³-hybridized carbons (Fsp3) is 0.333. The number of hydrogen-bond donors (Lipinski definition) is 1. The van der Waals surface area contributed by atoms with Crippen LogP contribution in [0.2, 0.25) is 0 Å². The molecule has 10 heteroatoms. The lowest BCUT2D eigenvalue weighted by atomic mass is 10.1. The van der Waals surface area contributed by atoms with Crippen molar-refractivity contribution in [2.24, 2.45) is 0 Å². The van der Waals surface area contributed by atoms with Gasteiger partial charge in [-0.3, -0.25) is 13.9 Å². The summed E-state index contributed by atoms with van der Waals surface area (Å²) in [6.45, 7) is 5.31. The number of rotatable bonds is 13. The highest BCUT2D eigenvalue weighted by atomic mass is 32.2. The third-order valence-corrected chi connectivity index (χ3v) is 8.28. The molecule has 40 heavy (non-hydrogen) atoms. The third kappa shape index (κ3) is 7.81. The predicted octanol–water partition coefficient (Wildman–Crippen LogP) is 4.67. The zero-order valence-electron chi connectivity index (χ0n) is 23.3. The van der Waals surface area contributed by atoms with Gasteiger partial charge in [-0.25, -0.2) is 12.8 Å². The molecule has 0 saturated heterocycles. The van der Waals surface area contributed by atoms with Crippen molar-refractivity contribution in [2.45, 2.75) is 51.1 Å². The number of nitrogens with one attached hydrogen (secondary N) is 1. The Labute approximate surface area is 235 Å². The van der Waals surface area contributed by atoms with Crippen molar-refractivity contribution in [3.63, 3.8) is 0 Å². The molecule has 214 valence electrons. The van der Waals surface area contributed by atoms with Gasteiger partial charge in [-0.15, -0.1) is 0 Å². The zero-order chi connectivity index (χ0) is 29.3. The molecule has 0 unspecified atom stereocenters. The molecule has 0 bridgehead atoms. The number of amides is 2. The van der Waals surface area contributed by atoms with E-state index in [-0.39, 0.29) is 23.0 Å². The van der Waals surface area contributed by atoms with E-state index in [0.717, 1.165) is 22.7 Å². The van der Waals surface area contributed by atoms with Gasteiger partial charge in [0.05, 0.1) is 17.7 Å². The van der Waals surface area contributed by atoms with Crippen molar-refractivity contribution < 1.29 is 27.1 Å². The van der Waals surface area contributed by atoms with Crippen molar-refractivity contribution >= 4 is 27.5 Å². The monoisotopic (exact) mass is 569 g/mol. The minimum atomic E-state index is -4.19. The number of anilines is 1. The van der Waals surface area contributed by atoms with Crippen LogP contribution in [0.5, 0.6) is 5.75 Å². The third-order valence-electron chi connectivity index (χ3n) is 6.49. The molecular formula is C30H36FN3O5S. The van der Waals surface area contributed by atoms with Gasteiger partial charge in [-0.1, -0.05) is 49.2 Å². The Bertz CT molecular complexity index is 1400. The van der Waals surface area contributed by atoms with Crippen molar-refractivity contribution in [1.29, 1.82) is 0 Å². The molecule has 8 nitrogen and oxygen atoms in total. The van der Waals surface area contributed by atoms with Gasteiger partial charge in [-0.2, -0.15) is 0 Å². The lowest BCUT2D eigenvalue weighted by Crippen LogP contribution is -2.51. The highest BCUT2D eigenvalue weighted by Gasteiger charge is 2.32. The summed E-state index contributed by atoms with van der Waals surface area (Å²) >= 11 is 0. The van der Waals surface area contributed by atoms with E-state index in [1.54, 1.807) is 37.3 Å². The molecule has 2 amide bonds. The number of carbonyl (C=O) groups is 2. The van der Waals surface area contributed by atoms with E-state index < -0.39 is 34.3 Å². The van der Waals surface area contributed by atoms with Crippen molar-refractivity contribution in [3.05, 3.63) is 89.7 Å². The molecule has 0 aromatic heterocycles. The van der Waals surface area contributed by atoms with Gasteiger partial charge in [-0.05, 0) is 62.2 Å². The topological polar surface area (TPSA) is 96.0 Å². The number of aryl methyl sites for hydroxylation is 1. The molecule has 0 radical (unpaired) electrons. The molecule has 0 aliphatic rings. The van der Waals surface area contributed by atoms with Gasteiger partial charge in [0, 0.05) is 19.2 Å². The minimum Gasteiger partial charge on any atom is -0.497 e. The molecule has 0 aliphatic carbocycles. The average molecular weight is 570 g/mol. The number of unbranched alkanes of at least 4 members (excludes halogenated alkanes) is 1. The van der Waals surface area contributed by atoms with Gasteiger partial charge in [0.1, 0.15) is 24.2 Å². The second-order valence-electron chi connectivity index (χ2n) is 9.49. The maximum absolute atomic E-state index is 13.9. The van der Waals surface area contributed by atoms with Crippen LogP contribution in [0, 0.1) is 12.7 Å². The van der Waals surface area contributed by atoms with Crippen LogP contribution in [0.25, 0.3) is 0 Å². The molecule has 1 N–H and O–H groups in total. The number of hydrogen-bond acceptors (Lipinski definition) is 5. The Balaban J connectivity index is 2.01. The van der Waals surface area contributed by atoms with E-state index in [9.17, 15) is 22.4 Å². The Morgan fingerprint density at radius 1 is 1.02 bits per heavy atom. The number of carbonyl (C=O) groups excluding carboxylic acids is 2. The Morgan fingerprint density at radius 2 is 1.70 bits per heavy atom. The number of sulfonamides is 1. The SMILES string of the molecule is CCCCNC(=O)[C@@H](C)N(Cc1ccc(F)cc1)C(=O)CN(c1cccc(OC)c1)S(=O)(=O)c1ccc(C)cc1.